The van der Waals surface area contributed by atoms with Crippen LogP contribution >= 0.6 is 23.4 Å². The second-order valence-electron chi connectivity index (χ2n) is 6.17. The van der Waals surface area contributed by atoms with Gasteiger partial charge in [-0.15, -0.1) is 10.2 Å². The zero-order valence-corrected chi connectivity index (χ0v) is 17.0. The van der Waals surface area contributed by atoms with E-state index in [2.05, 4.69) is 20.5 Å². The van der Waals surface area contributed by atoms with Crippen LogP contribution in [0, 0.1) is 5.82 Å². The molecule has 0 spiro atoms. The van der Waals surface area contributed by atoms with E-state index < -0.39 is 5.82 Å². The average Bonchev–Trinajstić information content (AvgIpc) is 3.40. The van der Waals surface area contributed by atoms with Crippen molar-refractivity contribution in [3.05, 3.63) is 77.7 Å². The van der Waals surface area contributed by atoms with Crippen LogP contribution < -0.4 is 5.32 Å². The van der Waals surface area contributed by atoms with Gasteiger partial charge in [0.2, 0.25) is 5.91 Å². The molecule has 4 rings (SSSR count). The summed E-state index contributed by atoms with van der Waals surface area (Å²) in [6.45, 7) is 0.401. The van der Waals surface area contributed by atoms with Gasteiger partial charge in [-0.1, -0.05) is 23.4 Å². The SMILES string of the molecule is O=C(CSc1nnc(-c2cccnc2)n1Cc1ccco1)Nc1ccc(F)cc1Cl. The highest BCUT2D eigenvalue weighted by Gasteiger charge is 2.17. The van der Waals surface area contributed by atoms with E-state index in [1.807, 2.05) is 22.8 Å². The number of nitrogens with zero attached hydrogens (tertiary/aromatic N) is 4. The molecule has 152 valence electrons. The van der Waals surface area contributed by atoms with Gasteiger partial charge in [-0.05, 0) is 42.5 Å². The number of furan rings is 1. The number of amides is 1. The van der Waals surface area contributed by atoms with Crippen LogP contribution in [0.25, 0.3) is 11.4 Å². The number of aromatic nitrogens is 4. The second-order valence-corrected chi connectivity index (χ2v) is 7.52. The van der Waals surface area contributed by atoms with E-state index in [9.17, 15) is 9.18 Å². The number of hydrogen-bond acceptors (Lipinski definition) is 6. The summed E-state index contributed by atoms with van der Waals surface area (Å²) >= 11 is 7.18. The van der Waals surface area contributed by atoms with Gasteiger partial charge < -0.3 is 9.73 Å². The van der Waals surface area contributed by atoms with Gasteiger partial charge in [0.05, 0.1) is 29.3 Å². The van der Waals surface area contributed by atoms with Gasteiger partial charge in [0.1, 0.15) is 11.6 Å². The number of anilines is 1. The molecular formula is C20H15ClFN5O2S. The minimum Gasteiger partial charge on any atom is -0.467 e. The third kappa shape index (κ3) is 4.69. The Bertz CT molecular complexity index is 1150. The first-order valence-corrected chi connectivity index (χ1v) is 10.2. The maximum atomic E-state index is 13.2. The van der Waals surface area contributed by atoms with Crippen LogP contribution in [0.5, 0.6) is 0 Å². The number of rotatable bonds is 7. The highest BCUT2D eigenvalue weighted by molar-refractivity contribution is 7.99. The lowest BCUT2D eigenvalue weighted by Crippen LogP contribution is -2.15. The summed E-state index contributed by atoms with van der Waals surface area (Å²) in [5.41, 5.74) is 1.14. The van der Waals surface area contributed by atoms with Crippen molar-refractivity contribution >= 4 is 35.0 Å². The Morgan fingerprint density at radius 1 is 1.23 bits per heavy atom. The normalized spacial score (nSPS) is 10.9. The first kappa shape index (κ1) is 20.1. The summed E-state index contributed by atoms with van der Waals surface area (Å²) in [5.74, 6) is 0.635. The Labute approximate surface area is 180 Å². The second kappa shape index (κ2) is 9.10. The van der Waals surface area contributed by atoms with E-state index in [1.165, 1.54) is 23.9 Å². The molecule has 1 aromatic carbocycles. The molecule has 1 amide bonds. The highest BCUT2D eigenvalue weighted by atomic mass is 35.5. The summed E-state index contributed by atoms with van der Waals surface area (Å²) in [6, 6.07) is 11.1. The van der Waals surface area contributed by atoms with Crippen LogP contribution in [-0.2, 0) is 11.3 Å². The molecule has 0 bridgehead atoms. The fourth-order valence-electron chi connectivity index (χ4n) is 2.71. The molecule has 0 unspecified atom stereocenters. The number of carbonyl (C=O) groups is 1. The van der Waals surface area contributed by atoms with E-state index in [0.717, 1.165) is 17.4 Å². The Kier molecular flexibility index (Phi) is 6.10. The van der Waals surface area contributed by atoms with E-state index in [-0.39, 0.29) is 16.7 Å². The number of carbonyl (C=O) groups excluding carboxylic acids is 1. The Morgan fingerprint density at radius 3 is 2.87 bits per heavy atom. The molecule has 0 fully saturated rings. The molecule has 7 nitrogen and oxygen atoms in total. The quantitative estimate of drug-likeness (QED) is 0.423. The fraction of sp³-hybridized carbons (Fsp3) is 0.100. The Morgan fingerprint density at radius 2 is 2.13 bits per heavy atom. The van der Waals surface area contributed by atoms with Crippen LogP contribution in [-0.4, -0.2) is 31.4 Å². The molecule has 0 aliphatic carbocycles. The highest BCUT2D eigenvalue weighted by Crippen LogP contribution is 2.26. The largest absolute Gasteiger partial charge is 0.467 e. The summed E-state index contributed by atoms with van der Waals surface area (Å²) < 4.78 is 20.5. The van der Waals surface area contributed by atoms with E-state index >= 15 is 0 Å². The maximum Gasteiger partial charge on any atom is 0.234 e. The third-order valence-corrected chi connectivity index (χ3v) is 5.35. The Balaban J connectivity index is 1.52. The van der Waals surface area contributed by atoms with Gasteiger partial charge in [-0.2, -0.15) is 0 Å². The van der Waals surface area contributed by atoms with Crippen LogP contribution in [0.2, 0.25) is 5.02 Å². The van der Waals surface area contributed by atoms with E-state index in [4.69, 9.17) is 16.0 Å². The van der Waals surface area contributed by atoms with Crippen LogP contribution in [0.1, 0.15) is 5.76 Å². The van der Waals surface area contributed by atoms with Gasteiger partial charge in [0.25, 0.3) is 0 Å². The van der Waals surface area contributed by atoms with Crippen molar-refractivity contribution in [2.24, 2.45) is 0 Å². The number of nitrogens with one attached hydrogen (secondary N) is 1. The molecule has 3 aromatic heterocycles. The van der Waals surface area contributed by atoms with Crippen molar-refractivity contribution in [2.45, 2.75) is 11.7 Å². The first-order chi connectivity index (χ1) is 14.6. The van der Waals surface area contributed by atoms with Crippen LogP contribution in [0.3, 0.4) is 0 Å². The van der Waals surface area contributed by atoms with Crippen molar-refractivity contribution in [1.82, 2.24) is 19.7 Å². The van der Waals surface area contributed by atoms with E-state index in [0.29, 0.717) is 23.2 Å². The summed E-state index contributed by atoms with van der Waals surface area (Å²) in [6.07, 6.45) is 4.97. The molecule has 4 aromatic rings. The summed E-state index contributed by atoms with van der Waals surface area (Å²) in [7, 11) is 0. The minimum atomic E-state index is -0.471. The average molecular weight is 444 g/mol. The van der Waals surface area contributed by atoms with Crippen LogP contribution in [0.4, 0.5) is 10.1 Å². The summed E-state index contributed by atoms with van der Waals surface area (Å²) in [4.78, 5) is 16.5. The molecule has 0 saturated carbocycles. The monoisotopic (exact) mass is 443 g/mol. The van der Waals surface area contributed by atoms with Crippen molar-refractivity contribution in [1.29, 1.82) is 0 Å². The predicted octanol–water partition coefficient (Wildman–Crippen LogP) is 4.50. The lowest BCUT2D eigenvalue weighted by Gasteiger charge is -2.09. The van der Waals surface area contributed by atoms with Gasteiger partial charge in [0.15, 0.2) is 11.0 Å². The molecule has 1 N–H and O–H groups in total. The van der Waals surface area contributed by atoms with Crippen LogP contribution in [0.15, 0.2) is 70.7 Å². The number of thioether (sulfide) groups is 1. The fourth-order valence-corrected chi connectivity index (χ4v) is 3.66. The van der Waals surface area contributed by atoms with Gasteiger partial charge in [0, 0.05) is 18.0 Å². The van der Waals surface area contributed by atoms with Crippen molar-refractivity contribution in [3.8, 4) is 11.4 Å². The molecule has 0 aliphatic rings. The Hall–Kier alpha value is -3.17. The van der Waals surface area contributed by atoms with Crippen molar-refractivity contribution < 1.29 is 13.6 Å². The van der Waals surface area contributed by atoms with Crippen molar-refractivity contribution in [3.63, 3.8) is 0 Å². The smallest absolute Gasteiger partial charge is 0.234 e. The number of hydrogen-bond donors (Lipinski definition) is 1. The van der Waals surface area contributed by atoms with Gasteiger partial charge in [-0.3, -0.25) is 14.3 Å². The zero-order chi connectivity index (χ0) is 20.9. The summed E-state index contributed by atoms with van der Waals surface area (Å²) in [5, 5.41) is 11.8. The number of benzene rings is 1. The zero-order valence-electron chi connectivity index (χ0n) is 15.5. The maximum absolute atomic E-state index is 13.2. The topological polar surface area (TPSA) is 85.8 Å². The number of halogens is 2. The lowest BCUT2D eigenvalue weighted by molar-refractivity contribution is -0.113. The molecule has 0 atom stereocenters. The van der Waals surface area contributed by atoms with E-state index in [1.54, 1.807) is 24.7 Å². The molecule has 0 saturated heterocycles. The number of pyridine rings is 1. The minimum absolute atomic E-state index is 0.0665. The molecular weight excluding hydrogens is 429 g/mol. The van der Waals surface area contributed by atoms with Gasteiger partial charge in [-0.25, -0.2) is 4.39 Å². The lowest BCUT2D eigenvalue weighted by atomic mass is 10.2. The van der Waals surface area contributed by atoms with Gasteiger partial charge >= 0.3 is 0 Å². The predicted molar refractivity (Wildman–Crippen MR) is 112 cm³/mol. The molecule has 0 radical (unpaired) electrons. The third-order valence-electron chi connectivity index (χ3n) is 4.07. The molecule has 0 aliphatic heterocycles. The molecule has 10 heteroatoms. The first-order valence-electron chi connectivity index (χ1n) is 8.84. The molecule has 3 heterocycles. The standard InChI is InChI=1S/C20H15ClFN5O2S/c21-16-9-14(22)5-6-17(16)24-18(28)12-30-20-26-25-19(13-3-1-7-23-10-13)27(20)11-15-4-2-8-29-15/h1-10H,11-12H2,(H,24,28). The van der Waals surface area contributed by atoms with Crippen molar-refractivity contribution in [2.75, 3.05) is 11.1 Å². The molecule has 30 heavy (non-hydrogen) atoms.